The van der Waals surface area contributed by atoms with E-state index in [0.29, 0.717) is 5.82 Å². The first-order valence-electron chi connectivity index (χ1n) is 8.59. The molecule has 7 heteroatoms. The molecule has 1 N–H and O–H groups in total. The molecular formula is C19H22FN3O3. The molecule has 1 amide bonds. The number of hydrogen-bond acceptors (Lipinski definition) is 5. The normalized spacial score (nSPS) is 19.8. The summed E-state index contributed by atoms with van der Waals surface area (Å²) in [4.78, 5) is 21.0. The number of nitrogens with one attached hydrogen (secondary N) is 1. The Morgan fingerprint density at radius 2 is 2.12 bits per heavy atom. The Balaban J connectivity index is 1.61. The molecule has 1 aromatic heterocycles. The van der Waals surface area contributed by atoms with E-state index in [1.807, 2.05) is 6.92 Å². The van der Waals surface area contributed by atoms with Gasteiger partial charge in [0.15, 0.2) is 17.4 Å². The Hall–Kier alpha value is -2.54. The van der Waals surface area contributed by atoms with Crippen LogP contribution in [0.2, 0.25) is 0 Å². The van der Waals surface area contributed by atoms with Gasteiger partial charge in [-0.3, -0.25) is 4.79 Å². The summed E-state index contributed by atoms with van der Waals surface area (Å²) >= 11 is 0. The molecule has 3 rings (SSSR count). The maximum atomic E-state index is 13.7. The lowest BCUT2D eigenvalue weighted by Crippen LogP contribution is -2.32. The lowest BCUT2D eigenvalue weighted by molar-refractivity contribution is -0.0760. The fourth-order valence-electron chi connectivity index (χ4n) is 2.92. The number of hydrogen-bond donors (Lipinski definition) is 1. The maximum absolute atomic E-state index is 13.7. The fourth-order valence-corrected chi connectivity index (χ4v) is 2.92. The molecule has 26 heavy (non-hydrogen) atoms. The Morgan fingerprint density at radius 1 is 1.35 bits per heavy atom. The minimum atomic E-state index is -0.575. The standard InChI is InChI=1S/C19H22FN3O3/c1-19(7-3-4-8-26-19)18-22-11-13(12-23-18)10-21-17(24)14-5-6-16(25-2)15(20)9-14/h5-6,9,11-12H,3-4,7-8,10H2,1-2H3,(H,21,24). The van der Waals surface area contributed by atoms with E-state index in [1.54, 1.807) is 12.4 Å². The number of halogens is 1. The molecule has 1 aliphatic heterocycles. The first-order chi connectivity index (χ1) is 12.5. The van der Waals surface area contributed by atoms with Gasteiger partial charge >= 0.3 is 0 Å². The van der Waals surface area contributed by atoms with Crippen molar-refractivity contribution in [3.05, 3.63) is 53.4 Å². The summed E-state index contributed by atoms with van der Waals surface area (Å²) in [6.45, 7) is 2.97. The third kappa shape index (κ3) is 3.99. The van der Waals surface area contributed by atoms with E-state index in [1.165, 1.54) is 19.2 Å². The van der Waals surface area contributed by atoms with E-state index in [4.69, 9.17) is 9.47 Å². The van der Waals surface area contributed by atoms with E-state index < -0.39 is 11.4 Å². The molecule has 0 saturated carbocycles. The predicted octanol–water partition coefficient (Wildman–Crippen LogP) is 2.97. The molecule has 1 atom stereocenters. The molecule has 0 radical (unpaired) electrons. The van der Waals surface area contributed by atoms with Gasteiger partial charge in [-0.15, -0.1) is 0 Å². The molecule has 2 aromatic rings. The van der Waals surface area contributed by atoms with Gasteiger partial charge in [0, 0.05) is 36.7 Å². The SMILES string of the molecule is COc1ccc(C(=O)NCc2cnc(C3(C)CCCCO3)nc2)cc1F. The monoisotopic (exact) mass is 359 g/mol. The highest BCUT2D eigenvalue weighted by atomic mass is 19.1. The van der Waals surface area contributed by atoms with Crippen LogP contribution in [0.25, 0.3) is 0 Å². The van der Waals surface area contributed by atoms with Crippen LogP contribution in [0, 0.1) is 5.82 Å². The molecule has 1 fully saturated rings. The van der Waals surface area contributed by atoms with Crippen molar-refractivity contribution in [3.63, 3.8) is 0 Å². The van der Waals surface area contributed by atoms with Crippen LogP contribution in [0.5, 0.6) is 5.75 Å². The molecule has 6 nitrogen and oxygen atoms in total. The number of methoxy groups -OCH3 is 1. The van der Waals surface area contributed by atoms with E-state index in [-0.39, 0.29) is 23.8 Å². The van der Waals surface area contributed by atoms with Crippen LogP contribution >= 0.6 is 0 Å². The van der Waals surface area contributed by atoms with E-state index in [2.05, 4.69) is 15.3 Å². The van der Waals surface area contributed by atoms with Crippen LogP contribution < -0.4 is 10.1 Å². The van der Waals surface area contributed by atoms with E-state index in [9.17, 15) is 9.18 Å². The number of rotatable bonds is 5. The molecule has 138 valence electrons. The average molecular weight is 359 g/mol. The zero-order valence-electron chi connectivity index (χ0n) is 14.9. The summed E-state index contributed by atoms with van der Waals surface area (Å²) in [5.74, 6) is -0.194. The quantitative estimate of drug-likeness (QED) is 0.888. The molecule has 1 aromatic carbocycles. The van der Waals surface area contributed by atoms with E-state index >= 15 is 0 Å². The van der Waals surface area contributed by atoms with Crippen molar-refractivity contribution in [2.45, 2.75) is 38.3 Å². The van der Waals surface area contributed by atoms with Gasteiger partial charge < -0.3 is 14.8 Å². The second-order valence-electron chi connectivity index (χ2n) is 6.48. The summed E-state index contributed by atoms with van der Waals surface area (Å²) < 4.78 is 24.4. The third-order valence-electron chi connectivity index (χ3n) is 4.51. The van der Waals surface area contributed by atoms with Crippen LogP contribution in [-0.2, 0) is 16.9 Å². The molecule has 1 saturated heterocycles. The second-order valence-corrected chi connectivity index (χ2v) is 6.48. The summed E-state index contributed by atoms with van der Waals surface area (Å²) in [6.07, 6.45) is 6.41. The third-order valence-corrected chi connectivity index (χ3v) is 4.51. The Labute approximate surface area is 151 Å². The van der Waals surface area contributed by atoms with Gasteiger partial charge in [-0.05, 0) is 44.4 Å². The summed E-state index contributed by atoms with van der Waals surface area (Å²) in [5.41, 5.74) is 0.542. The van der Waals surface area contributed by atoms with Gasteiger partial charge in [0.25, 0.3) is 5.91 Å². The number of ether oxygens (including phenoxy) is 2. The van der Waals surface area contributed by atoms with E-state index in [0.717, 1.165) is 37.5 Å². The van der Waals surface area contributed by atoms with Crippen molar-refractivity contribution in [1.29, 1.82) is 0 Å². The highest BCUT2D eigenvalue weighted by Crippen LogP contribution is 2.32. The minimum Gasteiger partial charge on any atom is -0.494 e. The van der Waals surface area contributed by atoms with Gasteiger partial charge in [-0.1, -0.05) is 0 Å². The molecule has 0 spiro atoms. The van der Waals surface area contributed by atoms with Gasteiger partial charge in [-0.25, -0.2) is 14.4 Å². The Bertz CT molecular complexity index is 774. The lowest BCUT2D eigenvalue weighted by atomic mass is 9.95. The topological polar surface area (TPSA) is 73.3 Å². The number of carbonyl (C=O) groups is 1. The van der Waals surface area contributed by atoms with Crippen LogP contribution in [0.3, 0.4) is 0 Å². The second kappa shape index (κ2) is 7.78. The summed E-state index contributed by atoms with van der Waals surface area (Å²) in [7, 11) is 1.38. The first-order valence-corrected chi connectivity index (χ1v) is 8.59. The lowest BCUT2D eigenvalue weighted by Gasteiger charge is -2.32. The smallest absolute Gasteiger partial charge is 0.251 e. The van der Waals surface area contributed by atoms with Crippen LogP contribution in [0.4, 0.5) is 4.39 Å². The molecule has 0 bridgehead atoms. The maximum Gasteiger partial charge on any atom is 0.251 e. The van der Waals surface area contributed by atoms with Crippen LogP contribution in [0.1, 0.15) is 47.9 Å². The minimum absolute atomic E-state index is 0.101. The van der Waals surface area contributed by atoms with Crippen molar-refractivity contribution in [1.82, 2.24) is 15.3 Å². The van der Waals surface area contributed by atoms with Gasteiger partial charge in [0.1, 0.15) is 5.60 Å². The molecule has 1 aliphatic rings. The number of amides is 1. The van der Waals surface area contributed by atoms with Crippen molar-refractivity contribution < 1.29 is 18.7 Å². The molecule has 2 heterocycles. The molecular weight excluding hydrogens is 337 g/mol. The van der Waals surface area contributed by atoms with Crippen LogP contribution in [0.15, 0.2) is 30.6 Å². The molecule has 1 unspecified atom stereocenters. The van der Waals surface area contributed by atoms with Crippen molar-refractivity contribution in [2.75, 3.05) is 13.7 Å². The highest BCUT2D eigenvalue weighted by Gasteiger charge is 2.32. The zero-order valence-corrected chi connectivity index (χ0v) is 14.9. The van der Waals surface area contributed by atoms with Crippen molar-refractivity contribution in [2.24, 2.45) is 0 Å². The van der Waals surface area contributed by atoms with Crippen LogP contribution in [-0.4, -0.2) is 29.6 Å². The average Bonchev–Trinajstić information content (AvgIpc) is 2.67. The van der Waals surface area contributed by atoms with Crippen molar-refractivity contribution in [3.8, 4) is 5.75 Å². The van der Waals surface area contributed by atoms with Gasteiger partial charge in [0.05, 0.1) is 7.11 Å². The number of benzene rings is 1. The first kappa shape index (κ1) is 18.3. The zero-order chi connectivity index (χ0) is 18.6. The largest absolute Gasteiger partial charge is 0.494 e. The van der Waals surface area contributed by atoms with Crippen molar-refractivity contribution >= 4 is 5.91 Å². The summed E-state index contributed by atoms with van der Waals surface area (Å²) in [6, 6.07) is 4.08. The van der Waals surface area contributed by atoms with Gasteiger partial charge in [0.2, 0.25) is 0 Å². The Morgan fingerprint density at radius 3 is 2.73 bits per heavy atom. The predicted molar refractivity (Wildman–Crippen MR) is 93.3 cm³/mol. The fraction of sp³-hybridized carbons (Fsp3) is 0.421. The summed E-state index contributed by atoms with van der Waals surface area (Å²) in [5, 5.41) is 2.73. The highest BCUT2D eigenvalue weighted by molar-refractivity contribution is 5.94. The number of nitrogens with zero attached hydrogens (tertiary/aromatic N) is 2. The number of aromatic nitrogens is 2. The molecule has 0 aliphatic carbocycles. The van der Waals surface area contributed by atoms with Gasteiger partial charge in [-0.2, -0.15) is 0 Å². The Kier molecular flexibility index (Phi) is 5.46. The number of carbonyl (C=O) groups excluding carboxylic acids is 1.